The SMILES string of the molecule is C=C/C=C\C(=O)Nc1cc(Nc2ncc(C#N)c(-c3cn(C)c4ccccc34)n2)c(OC(F)(F)F)cc1N(C)CCN(C)C. The molecule has 2 aromatic carbocycles. The summed E-state index contributed by atoms with van der Waals surface area (Å²) in [5, 5.41) is 16.2. The molecular formula is C31H31F3N8O2. The lowest BCUT2D eigenvalue weighted by Gasteiger charge is -2.26. The number of hydrogen-bond acceptors (Lipinski definition) is 8. The molecule has 0 aliphatic carbocycles. The van der Waals surface area contributed by atoms with Crippen molar-refractivity contribution < 1.29 is 22.7 Å². The molecule has 228 valence electrons. The van der Waals surface area contributed by atoms with Gasteiger partial charge in [0.05, 0.1) is 34.5 Å². The van der Waals surface area contributed by atoms with Crippen LogP contribution in [0.25, 0.3) is 22.2 Å². The molecule has 0 radical (unpaired) electrons. The van der Waals surface area contributed by atoms with Crippen LogP contribution in [-0.2, 0) is 11.8 Å². The van der Waals surface area contributed by atoms with Crippen molar-refractivity contribution in [1.82, 2.24) is 19.4 Å². The Morgan fingerprint density at radius 1 is 1.18 bits per heavy atom. The van der Waals surface area contributed by atoms with Crippen LogP contribution in [0.2, 0.25) is 0 Å². The predicted molar refractivity (Wildman–Crippen MR) is 165 cm³/mol. The number of aryl methyl sites for hydroxylation is 1. The molecule has 0 saturated carbocycles. The zero-order valence-corrected chi connectivity index (χ0v) is 24.6. The molecular weight excluding hydrogens is 573 g/mol. The Morgan fingerprint density at radius 3 is 2.61 bits per heavy atom. The number of likely N-dealkylation sites (N-methyl/N-ethyl adjacent to an activating group) is 2. The number of alkyl halides is 3. The average molecular weight is 605 g/mol. The van der Waals surface area contributed by atoms with E-state index in [-0.39, 0.29) is 28.6 Å². The van der Waals surface area contributed by atoms with Crippen LogP contribution in [0.5, 0.6) is 5.75 Å². The highest BCUT2D eigenvalue weighted by atomic mass is 19.4. The molecule has 4 aromatic rings. The van der Waals surface area contributed by atoms with Crippen molar-refractivity contribution in [3.8, 4) is 23.1 Å². The van der Waals surface area contributed by atoms with Gasteiger partial charge in [0.2, 0.25) is 11.9 Å². The van der Waals surface area contributed by atoms with Gasteiger partial charge in [-0.2, -0.15) is 5.26 Å². The lowest BCUT2D eigenvalue weighted by atomic mass is 10.1. The van der Waals surface area contributed by atoms with Crippen LogP contribution in [0.3, 0.4) is 0 Å². The minimum atomic E-state index is -5.02. The molecule has 13 heteroatoms. The maximum Gasteiger partial charge on any atom is 0.573 e. The lowest BCUT2D eigenvalue weighted by molar-refractivity contribution is -0.274. The normalized spacial score (nSPS) is 11.5. The van der Waals surface area contributed by atoms with E-state index in [4.69, 9.17) is 0 Å². The maximum atomic E-state index is 13.6. The number of amides is 1. The summed E-state index contributed by atoms with van der Waals surface area (Å²) in [7, 11) is 7.28. The largest absolute Gasteiger partial charge is 0.573 e. The summed E-state index contributed by atoms with van der Waals surface area (Å²) in [4.78, 5) is 24.9. The first-order valence-corrected chi connectivity index (χ1v) is 13.4. The van der Waals surface area contributed by atoms with Crippen LogP contribution in [0.1, 0.15) is 5.56 Å². The topological polar surface area (TPSA) is 111 Å². The van der Waals surface area contributed by atoms with Crippen molar-refractivity contribution in [2.45, 2.75) is 6.36 Å². The van der Waals surface area contributed by atoms with Gasteiger partial charge in [0.15, 0.2) is 5.75 Å². The summed E-state index contributed by atoms with van der Waals surface area (Å²) in [5.74, 6) is -1.17. The molecule has 10 nitrogen and oxygen atoms in total. The summed E-state index contributed by atoms with van der Waals surface area (Å²) < 4.78 is 47.1. The first kappa shape index (κ1) is 31.6. The monoisotopic (exact) mass is 604 g/mol. The predicted octanol–water partition coefficient (Wildman–Crippen LogP) is 5.83. The fourth-order valence-electron chi connectivity index (χ4n) is 4.47. The molecule has 2 heterocycles. The van der Waals surface area contributed by atoms with Crippen molar-refractivity contribution in [3.05, 3.63) is 79.2 Å². The number of carbonyl (C=O) groups excluding carboxylic acids is 1. The van der Waals surface area contributed by atoms with Crippen LogP contribution in [0.4, 0.5) is 36.2 Å². The standard InChI is InChI=1S/C31H31F3N8O2/c1-6-7-12-28(43)37-23-15-24(27(44-31(32,33)34)16-26(23)41(4)14-13-40(2)3)38-30-36-18-20(17-35)29(39-30)22-19-42(5)25-11-9-8-10-21(22)25/h6-12,15-16,18-19H,1,13-14H2,2-5H3,(H,37,43)(H,36,38,39)/b12-7-. The number of benzene rings is 2. The Kier molecular flexibility index (Phi) is 9.55. The third-order valence-electron chi connectivity index (χ3n) is 6.57. The minimum Gasteiger partial charge on any atom is -0.403 e. The van der Waals surface area contributed by atoms with Gasteiger partial charge in [-0.05, 0) is 26.2 Å². The molecule has 4 rings (SSSR count). The Morgan fingerprint density at radius 2 is 1.93 bits per heavy atom. The molecule has 0 bridgehead atoms. The number of aromatic nitrogens is 3. The molecule has 2 N–H and O–H groups in total. The summed E-state index contributed by atoms with van der Waals surface area (Å²) in [6.07, 6.45) is 2.19. The van der Waals surface area contributed by atoms with Crippen LogP contribution < -0.4 is 20.3 Å². The maximum absolute atomic E-state index is 13.6. The molecule has 0 saturated heterocycles. The van der Waals surface area contributed by atoms with Crippen molar-refractivity contribution in [1.29, 1.82) is 5.26 Å². The number of carbonyl (C=O) groups is 1. The molecule has 0 fully saturated rings. The second kappa shape index (κ2) is 13.3. The Hall–Kier alpha value is -5.35. The van der Waals surface area contributed by atoms with Crippen molar-refractivity contribution in [2.75, 3.05) is 49.8 Å². The van der Waals surface area contributed by atoms with E-state index in [0.29, 0.717) is 24.3 Å². The van der Waals surface area contributed by atoms with E-state index >= 15 is 0 Å². The quantitative estimate of drug-likeness (QED) is 0.163. The summed E-state index contributed by atoms with van der Waals surface area (Å²) in [5.41, 5.74) is 2.36. The fraction of sp³-hybridized carbons (Fsp3) is 0.226. The smallest absolute Gasteiger partial charge is 0.403 e. The number of para-hydroxylation sites is 1. The number of rotatable bonds is 11. The summed E-state index contributed by atoms with van der Waals surface area (Å²) in [6, 6.07) is 12.1. The van der Waals surface area contributed by atoms with E-state index in [1.54, 1.807) is 11.9 Å². The number of hydrogen-bond donors (Lipinski definition) is 2. The zero-order chi connectivity index (χ0) is 32.0. The molecule has 1 amide bonds. The molecule has 44 heavy (non-hydrogen) atoms. The van der Waals surface area contributed by atoms with Crippen LogP contribution >= 0.6 is 0 Å². The van der Waals surface area contributed by atoms with Gasteiger partial charge in [-0.15, -0.1) is 13.2 Å². The highest BCUT2D eigenvalue weighted by molar-refractivity contribution is 6.02. The second-order valence-corrected chi connectivity index (χ2v) is 10.1. The van der Waals surface area contributed by atoms with Gasteiger partial charge in [-0.1, -0.05) is 36.9 Å². The van der Waals surface area contributed by atoms with Crippen molar-refractivity contribution in [3.63, 3.8) is 0 Å². The molecule has 0 atom stereocenters. The third-order valence-corrected chi connectivity index (χ3v) is 6.57. The average Bonchev–Trinajstić information content (AvgIpc) is 3.31. The Bertz CT molecular complexity index is 1760. The first-order chi connectivity index (χ1) is 20.9. The number of fused-ring (bicyclic) bond motifs is 1. The molecule has 0 unspecified atom stereocenters. The lowest BCUT2D eigenvalue weighted by Crippen LogP contribution is -2.29. The Balaban J connectivity index is 1.84. The summed E-state index contributed by atoms with van der Waals surface area (Å²) >= 11 is 0. The minimum absolute atomic E-state index is 0.0866. The van der Waals surface area contributed by atoms with Gasteiger partial charge in [-0.25, -0.2) is 9.97 Å². The van der Waals surface area contributed by atoms with Crippen LogP contribution in [0, 0.1) is 11.3 Å². The number of halogens is 3. The number of nitriles is 1. The molecule has 0 spiro atoms. The molecule has 0 aliphatic heterocycles. The van der Waals surface area contributed by atoms with Gasteiger partial charge in [0.1, 0.15) is 6.07 Å². The van der Waals surface area contributed by atoms with Crippen molar-refractivity contribution in [2.24, 2.45) is 7.05 Å². The van der Waals surface area contributed by atoms with E-state index in [2.05, 4.69) is 38.0 Å². The Labute approximate surface area is 252 Å². The van der Waals surface area contributed by atoms with E-state index in [9.17, 15) is 23.2 Å². The van der Waals surface area contributed by atoms with Gasteiger partial charge >= 0.3 is 6.36 Å². The van der Waals surface area contributed by atoms with E-state index in [0.717, 1.165) is 10.9 Å². The number of nitrogens with zero attached hydrogens (tertiary/aromatic N) is 6. The molecule has 0 aliphatic rings. The van der Waals surface area contributed by atoms with Crippen LogP contribution in [-0.4, -0.2) is 65.9 Å². The number of anilines is 4. The van der Waals surface area contributed by atoms with Gasteiger partial charge < -0.3 is 29.7 Å². The second-order valence-electron chi connectivity index (χ2n) is 10.1. The van der Waals surface area contributed by atoms with Crippen molar-refractivity contribution >= 4 is 39.8 Å². The van der Waals surface area contributed by atoms with Gasteiger partial charge in [0, 0.05) is 62.0 Å². The highest BCUT2D eigenvalue weighted by Crippen LogP contribution is 2.41. The van der Waals surface area contributed by atoms with E-state index in [1.807, 2.05) is 61.1 Å². The number of allylic oxidation sites excluding steroid dienone is 2. The third kappa shape index (κ3) is 7.53. The fourth-order valence-corrected chi connectivity index (χ4v) is 4.47. The molecule has 2 aromatic heterocycles. The van der Waals surface area contributed by atoms with E-state index in [1.165, 1.54) is 36.6 Å². The first-order valence-electron chi connectivity index (χ1n) is 13.4. The highest BCUT2D eigenvalue weighted by Gasteiger charge is 2.33. The van der Waals surface area contributed by atoms with E-state index < -0.39 is 18.0 Å². The number of ether oxygens (including phenoxy) is 1. The zero-order valence-electron chi connectivity index (χ0n) is 24.6. The number of nitrogens with one attached hydrogen (secondary N) is 2. The van der Waals surface area contributed by atoms with Gasteiger partial charge in [0.25, 0.3) is 0 Å². The van der Waals surface area contributed by atoms with Gasteiger partial charge in [-0.3, -0.25) is 4.79 Å². The summed E-state index contributed by atoms with van der Waals surface area (Å²) in [6.45, 7) is 4.57. The van der Waals surface area contributed by atoms with Crippen LogP contribution in [0.15, 0.2) is 73.6 Å².